The summed E-state index contributed by atoms with van der Waals surface area (Å²) in [5.41, 5.74) is 0. The van der Waals surface area contributed by atoms with Crippen molar-refractivity contribution in [3.63, 3.8) is 0 Å². The summed E-state index contributed by atoms with van der Waals surface area (Å²) >= 11 is 49.1. The van der Waals surface area contributed by atoms with Gasteiger partial charge in [0.2, 0.25) is 94.5 Å². The van der Waals surface area contributed by atoms with Gasteiger partial charge in [-0.05, 0) is 0 Å². The standard InChI is InChI=1S/C53H83Cl7N16O16Si7/c1-93(54,24-63-10-38(77)61-8-40(63)79)26-65-12-44(83)67(14-42(65)81)28-95(3,56)30-69-16-48(87)71(18-46(69)85)32-97(5,58)34-73-20-52(91)75(22-50(73)89)36-99(7,60)37-76-23-51(90)74(21-53(76)92)35-98(6,59)33-72-19-47(86)70(17-49(72)88)31-96(4,57)29-68-15-43(82)66(13-45(68)84)27-94(2,55)25-64-11-39(78)62-9-41(64)80/h8-37H2,1-7H3,(H,61,77)(H,62,78). The quantitative estimate of drug-likeness (QED) is 0.0548. The molecule has 0 aromatic carbocycles. The van der Waals surface area contributed by atoms with Crippen molar-refractivity contribution in [1.82, 2.24) is 79.2 Å². The van der Waals surface area contributed by atoms with Crippen molar-refractivity contribution in [2.45, 2.75) is 45.8 Å². The topological polar surface area (TPSA) is 343 Å². The number of halogens is 7. The second-order valence-electron chi connectivity index (χ2n) is 28.9. The fraction of sp³-hybridized carbons (Fsp3) is 0.698. The van der Waals surface area contributed by atoms with Gasteiger partial charge in [-0.2, -0.15) is 77.6 Å². The minimum Gasteiger partial charge on any atom is -0.345 e. The number of amides is 16. The molecule has 0 aromatic heterocycles. The van der Waals surface area contributed by atoms with Gasteiger partial charge in [0.25, 0.3) is 0 Å². The van der Waals surface area contributed by atoms with E-state index in [0.29, 0.717) is 0 Å². The first kappa shape index (κ1) is 79.8. The molecule has 0 bridgehead atoms. The van der Waals surface area contributed by atoms with Crippen LogP contribution in [0, 0.1) is 0 Å². The van der Waals surface area contributed by atoms with Crippen molar-refractivity contribution in [3.8, 4) is 0 Å². The molecule has 8 heterocycles. The minimum absolute atomic E-state index is 0.00191. The summed E-state index contributed by atoms with van der Waals surface area (Å²) in [4.78, 5) is 230. The average Bonchev–Trinajstić information content (AvgIpc) is 0.798. The van der Waals surface area contributed by atoms with E-state index >= 15 is 0 Å². The fourth-order valence-corrected chi connectivity index (χ4v) is 35.3. The van der Waals surface area contributed by atoms with Crippen molar-refractivity contribution in [1.29, 1.82) is 0 Å². The van der Waals surface area contributed by atoms with Gasteiger partial charge in [0, 0.05) is 86.4 Å². The lowest BCUT2D eigenvalue weighted by molar-refractivity contribution is -0.149. The van der Waals surface area contributed by atoms with Gasteiger partial charge >= 0.3 is 0 Å². The maximum Gasteiger partial charge on any atom is 0.242 e. The average molecular weight is 1650 g/mol. The number of nitrogens with zero attached hydrogens (tertiary/aromatic N) is 14. The van der Waals surface area contributed by atoms with Crippen molar-refractivity contribution < 1.29 is 76.7 Å². The van der Waals surface area contributed by atoms with Gasteiger partial charge < -0.3 is 79.2 Å². The van der Waals surface area contributed by atoms with E-state index in [1.54, 1.807) is 45.8 Å². The van der Waals surface area contributed by atoms with E-state index in [1.807, 2.05) is 0 Å². The van der Waals surface area contributed by atoms with E-state index < -0.39 is 98.9 Å². The molecule has 16 amide bonds. The van der Waals surface area contributed by atoms with Crippen molar-refractivity contribution >= 4 is 224 Å². The van der Waals surface area contributed by atoms with Crippen LogP contribution in [0.4, 0.5) is 0 Å². The van der Waals surface area contributed by atoms with E-state index in [4.69, 9.17) is 77.6 Å². The Bertz CT molecular complexity index is 3160. The molecule has 0 aliphatic carbocycles. The number of hydrogen-bond donors (Lipinski definition) is 2. The lowest BCUT2D eigenvalue weighted by Crippen LogP contribution is -2.65. The van der Waals surface area contributed by atoms with Gasteiger partial charge in [-0.3, -0.25) is 76.7 Å². The Morgan fingerprint density at radius 3 is 0.414 bits per heavy atom. The Morgan fingerprint density at radius 2 is 0.303 bits per heavy atom. The lowest BCUT2D eigenvalue weighted by atomic mass is 10.3. The van der Waals surface area contributed by atoms with E-state index in [-0.39, 0.29) is 238 Å². The molecule has 8 saturated heterocycles. The molecule has 8 aliphatic rings. The first-order valence-electron chi connectivity index (χ1n) is 31.9. The highest BCUT2D eigenvalue weighted by atomic mass is 35.6. The Kier molecular flexibility index (Phi) is 25.1. The van der Waals surface area contributed by atoms with Crippen LogP contribution in [-0.2, 0) is 76.7 Å². The zero-order chi connectivity index (χ0) is 73.4. The molecule has 0 spiro atoms. The number of carbonyl (C=O) groups excluding carboxylic acids is 16. The Labute approximate surface area is 612 Å². The normalized spacial score (nSPS) is 24.3. The Balaban J connectivity index is 0.730. The molecule has 6 unspecified atom stereocenters. The lowest BCUT2D eigenvalue weighted by Gasteiger charge is -2.43. The molecular weight excluding hydrogens is 1560 g/mol. The molecule has 548 valence electrons. The maximum absolute atomic E-state index is 13.7. The zero-order valence-electron chi connectivity index (χ0n) is 56.2. The summed E-state index contributed by atoms with van der Waals surface area (Å²) in [7, 11) is -21.2. The molecule has 99 heavy (non-hydrogen) atoms. The minimum atomic E-state index is -3.13. The third kappa shape index (κ3) is 22.1. The number of rotatable bonds is 28. The summed E-state index contributed by atoms with van der Waals surface area (Å²) in [5, 5.41) is 4.95. The summed E-state index contributed by atoms with van der Waals surface area (Å²) in [6.07, 6.45) is 0.0357. The molecule has 0 saturated carbocycles. The molecule has 8 rings (SSSR count). The monoisotopic (exact) mass is 1640 g/mol. The van der Waals surface area contributed by atoms with Crippen LogP contribution in [0.25, 0.3) is 0 Å². The Morgan fingerprint density at radius 1 is 0.202 bits per heavy atom. The third-order valence-corrected chi connectivity index (χ3v) is 37.3. The van der Waals surface area contributed by atoms with Crippen molar-refractivity contribution in [2.24, 2.45) is 0 Å². The van der Waals surface area contributed by atoms with E-state index in [2.05, 4.69) is 10.6 Å². The Hall–Kier alpha value is -4.93. The van der Waals surface area contributed by atoms with Crippen LogP contribution in [0.5, 0.6) is 0 Å². The summed E-state index contributed by atoms with van der Waals surface area (Å²) in [6.45, 7) is 7.61. The van der Waals surface area contributed by atoms with Crippen LogP contribution in [0.2, 0.25) is 45.8 Å². The van der Waals surface area contributed by atoms with Crippen LogP contribution in [0.1, 0.15) is 0 Å². The van der Waals surface area contributed by atoms with E-state index in [0.717, 1.165) is 0 Å². The summed E-state index contributed by atoms with van der Waals surface area (Å²) in [5.74, 6) is -6.19. The smallest absolute Gasteiger partial charge is 0.242 e. The fourth-order valence-electron chi connectivity index (χ4n) is 13.4. The second kappa shape index (κ2) is 31.2. The molecule has 0 radical (unpaired) electrons. The van der Waals surface area contributed by atoms with Crippen LogP contribution in [0.15, 0.2) is 0 Å². The van der Waals surface area contributed by atoms with Crippen molar-refractivity contribution in [2.75, 3.05) is 191 Å². The second-order valence-corrected chi connectivity index (χ2v) is 72.3. The number of hydrogen-bond acceptors (Lipinski definition) is 16. The zero-order valence-corrected chi connectivity index (χ0v) is 68.4. The van der Waals surface area contributed by atoms with Gasteiger partial charge in [0.1, 0.15) is 0 Å². The summed E-state index contributed by atoms with van der Waals surface area (Å²) < 4.78 is 0. The molecule has 0 aromatic rings. The predicted molar refractivity (Wildman–Crippen MR) is 380 cm³/mol. The van der Waals surface area contributed by atoms with Gasteiger partial charge in [0.05, 0.1) is 105 Å². The first-order chi connectivity index (χ1) is 45.6. The highest BCUT2D eigenvalue weighted by molar-refractivity contribution is 7.22. The van der Waals surface area contributed by atoms with Crippen LogP contribution in [-0.4, -0.2) is 406 Å². The number of nitrogens with one attached hydrogen (secondary N) is 2. The van der Waals surface area contributed by atoms with Crippen LogP contribution in [0.3, 0.4) is 0 Å². The third-order valence-electron chi connectivity index (χ3n) is 17.7. The number of carbonyl (C=O) groups is 16. The largest absolute Gasteiger partial charge is 0.345 e. The highest BCUT2D eigenvalue weighted by Gasteiger charge is 2.49. The van der Waals surface area contributed by atoms with Gasteiger partial charge in [0.15, 0.2) is 51.7 Å². The summed E-state index contributed by atoms with van der Waals surface area (Å²) in [6, 6.07) is 0. The molecule has 8 aliphatic heterocycles. The van der Waals surface area contributed by atoms with Crippen LogP contribution >= 0.6 is 77.6 Å². The van der Waals surface area contributed by atoms with E-state index in [9.17, 15) is 76.7 Å². The van der Waals surface area contributed by atoms with Crippen molar-refractivity contribution in [3.05, 3.63) is 0 Å². The molecule has 6 atom stereocenters. The van der Waals surface area contributed by atoms with E-state index in [1.165, 1.54) is 68.6 Å². The van der Waals surface area contributed by atoms with Gasteiger partial charge in [-0.15, -0.1) is 0 Å². The SMILES string of the molecule is C[Si](Cl)(CN1CC(=O)NCC1=O)CN1CC(=O)N(C[Si](C)(Cl)CN2CC(=O)N(C[Si](C)(Cl)CN3CC(=O)N(C[Si](C)(Cl)CN4CC(=O)N(C[Si](C)(Cl)CN5CC(=O)N(C[Si](C)(Cl)CN6CC(=O)N(C[Si](C)(Cl)CN7CC(=O)NCC7=O)CC6=O)CC5=O)CC4=O)CC3=O)CC2=O)CC1=O. The van der Waals surface area contributed by atoms with Gasteiger partial charge in [-0.25, -0.2) is 0 Å². The molecular formula is C53H83Cl7N16O16Si7. The first-order valence-corrected chi connectivity index (χ1v) is 59.4. The molecule has 46 heteroatoms. The van der Waals surface area contributed by atoms with Crippen LogP contribution < -0.4 is 10.6 Å². The van der Waals surface area contributed by atoms with Gasteiger partial charge in [-0.1, -0.05) is 45.8 Å². The molecule has 2 N–H and O–H groups in total. The number of piperazine rings is 8. The maximum atomic E-state index is 13.7. The predicted octanol–water partition coefficient (Wildman–Crippen LogP) is -4.82. The highest BCUT2D eigenvalue weighted by Crippen LogP contribution is 2.27. The molecule has 8 fully saturated rings. The molecule has 32 nitrogen and oxygen atoms in total.